The predicted octanol–water partition coefficient (Wildman–Crippen LogP) is 0.699. The van der Waals surface area contributed by atoms with Gasteiger partial charge in [-0.1, -0.05) is 11.8 Å². The highest BCUT2D eigenvalue weighted by molar-refractivity contribution is 7.85. The van der Waals surface area contributed by atoms with Crippen LogP contribution in [0, 0.1) is 11.8 Å². The van der Waals surface area contributed by atoms with E-state index in [1.807, 2.05) is 11.4 Å². The molecule has 0 atom stereocenters. The molecule has 0 spiro atoms. The SMILES string of the molecule is NCC#Cc1ccsc1C(=O)NC1CCS(=O)CC1. The quantitative estimate of drug-likeness (QED) is 0.789. The van der Waals surface area contributed by atoms with Crippen molar-refractivity contribution in [1.82, 2.24) is 5.32 Å². The number of carbonyl (C=O) groups is 1. The Bertz CT molecular complexity index is 532. The molecule has 0 aromatic carbocycles. The van der Waals surface area contributed by atoms with Crippen molar-refractivity contribution in [3.05, 3.63) is 21.9 Å². The molecule has 1 aromatic rings. The minimum atomic E-state index is -0.706. The molecule has 0 unspecified atom stereocenters. The van der Waals surface area contributed by atoms with E-state index in [2.05, 4.69) is 17.2 Å². The highest BCUT2D eigenvalue weighted by atomic mass is 32.2. The van der Waals surface area contributed by atoms with E-state index in [1.165, 1.54) is 11.3 Å². The fourth-order valence-corrected chi connectivity index (χ4v) is 3.97. The highest BCUT2D eigenvalue weighted by Crippen LogP contribution is 2.17. The first kappa shape index (κ1) is 14.3. The van der Waals surface area contributed by atoms with E-state index >= 15 is 0 Å². The molecule has 6 heteroatoms. The molecule has 0 saturated carbocycles. The van der Waals surface area contributed by atoms with Crippen molar-refractivity contribution in [2.24, 2.45) is 5.73 Å². The van der Waals surface area contributed by atoms with Gasteiger partial charge in [0.05, 0.1) is 6.54 Å². The van der Waals surface area contributed by atoms with Gasteiger partial charge in [-0.15, -0.1) is 11.3 Å². The fourth-order valence-electron chi connectivity index (χ4n) is 1.92. The summed E-state index contributed by atoms with van der Waals surface area (Å²) in [5.41, 5.74) is 6.06. The van der Waals surface area contributed by atoms with Crippen molar-refractivity contribution >= 4 is 28.0 Å². The van der Waals surface area contributed by atoms with Crippen LogP contribution in [0.25, 0.3) is 0 Å². The van der Waals surface area contributed by atoms with Crippen molar-refractivity contribution in [3.8, 4) is 11.8 Å². The third kappa shape index (κ3) is 3.90. The van der Waals surface area contributed by atoms with Crippen LogP contribution in [0.2, 0.25) is 0 Å². The molecular formula is C13H16N2O2S2. The van der Waals surface area contributed by atoms with Crippen LogP contribution in [-0.4, -0.2) is 34.2 Å². The molecular weight excluding hydrogens is 280 g/mol. The summed E-state index contributed by atoms with van der Waals surface area (Å²) in [5, 5.41) is 4.85. The summed E-state index contributed by atoms with van der Waals surface area (Å²) in [5.74, 6) is 6.93. The van der Waals surface area contributed by atoms with Gasteiger partial charge in [0.25, 0.3) is 5.91 Å². The molecule has 0 radical (unpaired) electrons. The Morgan fingerprint density at radius 2 is 2.26 bits per heavy atom. The van der Waals surface area contributed by atoms with E-state index in [0.717, 1.165) is 18.4 Å². The van der Waals surface area contributed by atoms with Crippen LogP contribution in [0.3, 0.4) is 0 Å². The van der Waals surface area contributed by atoms with Gasteiger partial charge in [-0.25, -0.2) is 0 Å². The topological polar surface area (TPSA) is 72.2 Å². The Hall–Kier alpha value is -1.16. The number of hydrogen-bond acceptors (Lipinski definition) is 4. The lowest BCUT2D eigenvalue weighted by molar-refractivity contribution is 0.0938. The van der Waals surface area contributed by atoms with Crippen molar-refractivity contribution in [1.29, 1.82) is 0 Å². The standard InChI is InChI=1S/C13H16N2O2S2/c14-6-1-2-10-3-7-18-12(10)13(16)15-11-4-8-19(17)9-5-11/h3,7,11H,4-6,8-9,14H2,(H,15,16). The normalized spacial score (nSPS) is 22.4. The van der Waals surface area contributed by atoms with Crippen LogP contribution in [0.15, 0.2) is 11.4 Å². The molecule has 0 aliphatic carbocycles. The van der Waals surface area contributed by atoms with Crippen LogP contribution < -0.4 is 11.1 Å². The average molecular weight is 296 g/mol. The summed E-state index contributed by atoms with van der Waals surface area (Å²) in [6, 6.07) is 1.96. The van der Waals surface area contributed by atoms with Gasteiger partial charge in [-0.2, -0.15) is 0 Å². The van der Waals surface area contributed by atoms with E-state index in [9.17, 15) is 9.00 Å². The number of nitrogens with two attached hydrogens (primary N) is 1. The first-order valence-corrected chi connectivity index (χ1v) is 8.49. The first-order valence-electron chi connectivity index (χ1n) is 6.13. The zero-order chi connectivity index (χ0) is 13.7. The van der Waals surface area contributed by atoms with E-state index < -0.39 is 10.8 Å². The van der Waals surface area contributed by atoms with Gasteiger partial charge >= 0.3 is 0 Å². The number of amides is 1. The van der Waals surface area contributed by atoms with E-state index in [4.69, 9.17) is 5.73 Å². The number of carbonyl (C=O) groups excluding carboxylic acids is 1. The van der Waals surface area contributed by atoms with Crippen LogP contribution in [0.4, 0.5) is 0 Å². The lowest BCUT2D eigenvalue weighted by atomic mass is 10.1. The monoisotopic (exact) mass is 296 g/mol. The predicted molar refractivity (Wildman–Crippen MR) is 78.6 cm³/mol. The van der Waals surface area contributed by atoms with Crippen LogP contribution in [0.5, 0.6) is 0 Å². The zero-order valence-electron chi connectivity index (χ0n) is 10.5. The van der Waals surface area contributed by atoms with Gasteiger partial charge in [-0.05, 0) is 24.3 Å². The summed E-state index contributed by atoms with van der Waals surface area (Å²) in [4.78, 5) is 12.8. The molecule has 1 amide bonds. The molecule has 102 valence electrons. The third-order valence-corrected chi connectivity index (χ3v) is 5.22. The second-order valence-electron chi connectivity index (χ2n) is 4.27. The molecule has 19 heavy (non-hydrogen) atoms. The molecule has 2 rings (SSSR count). The van der Waals surface area contributed by atoms with Crippen molar-refractivity contribution < 1.29 is 9.00 Å². The summed E-state index contributed by atoms with van der Waals surface area (Å²) < 4.78 is 11.3. The summed E-state index contributed by atoms with van der Waals surface area (Å²) in [7, 11) is -0.706. The van der Waals surface area contributed by atoms with Gasteiger partial charge in [0.2, 0.25) is 0 Å². The van der Waals surface area contributed by atoms with Gasteiger partial charge in [0, 0.05) is 33.9 Å². The maximum absolute atomic E-state index is 12.2. The third-order valence-electron chi connectivity index (χ3n) is 2.92. The summed E-state index contributed by atoms with van der Waals surface area (Å²) in [6.07, 6.45) is 1.57. The maximum Gasteiger partial charge on any atom is 0.262 e. The highest BCUT2D eigenvalue weighted by Gasteiger charge is 2.21. The Morgan fingerprint density at radius 1 is 1.53 bits per heavy atom. The zero-order valence-corrected chi connectivity index (χ0v) is 12.1. The number of thiophene rings is 1. The second kappa shape index (κ2) is 6.85. The number of rotatable bonds is 2. The molecule has 0 bridgehead atoms. The molecule has 1 aliphatic heterocycles. The average Bonchev–Trinajstić information content (AvgIpc) is 2.87. The van der Waals surface area contributed by atoms with Gasteiger partial charge in [-0.3, -0.25) is 9.00 Å². The lowest BCUT2D eigenvalue weighted by Gasteiger charge is -2.22. The molecule has 2 heterocycles. The molecule has 1 aromatic heterocycles. The van der Waals surface area contributed by atoms with Gasteiger partial charge in [0.1, 0.15) is 4.88 Å². The Balaban J connectivity index is 2.00. The Kier molecular flexibility index (Phi) is 5.14. The maximum atomic E-state index is 12.2. The number of hydrogen-bond donors (Lipinski definition) is 2. The van der Waals surface area contributed by atoms with Crippen LogP contribution >= 0.6 is 11.3 Å². The van der Waals surface area contributed by atoms with Crippen molar-refractivity contribution in [3.63, 3.8) is 0 Å². The molecule has 1 aliphatic rings. The van der Waals surface area contributed by atoms with Crippen LogP contribution in [0.1, 0.15) is 28.1 Å². The summed E-state index contributed by atoms with van der Waals surface area (Å²) >= 11 is 1.38. The summed E-state index contributed by atoms with van der Waals surface area (Å²) in [6.45, 7) is 0.283. The Labute approximate surface area is 119 Å². The fraction of sp³-hybridized carbons (Fsp3) is 0.462. The molecule has 1 saturated heterocycles. The Morgan fingerprint density at radius 3 is 2.95 bits per heavy atom. The van der Waals surface area contributed by atoms with E-state index in [0.29, 0.717) is 16.4 Å². The lowest BCUT2D eigenvalue weighted by Crippen LogP contribution is -2.39. The van der Waals surface area contributed by atoms with Gasteiger partial charge in [0.15, 0.2) is 0 Å². The minimum Gasteiger partial charge on any atom is -0.349 e. The largest absolute Gasteiger partial charge is 0.349 e. The van der Waals surface area contributed by atoms with E-state index in [1.54, 1.807) is 0 Å². The van der Waals surface area contributed by atoms with Crippen LogP contribution in [-0.2, 0) is 10.8 Å². The molecule has 3 N–H and O–H groups in total. The van der Waals surface area contributed by atoms with Crippen molar-refractivity contribution in [2.75, 3.05) is 18.1 Å². The van der Waals surface area contributed by atoms with E-state index in [-0.39, 0.29) is 18.5 Å². The van der Waals surface area contributed by atoms with Crippen molar-refractivity contribution in [2.45, 2.75) is 18.9 Å². The number of nitrogens with one attached hydrogen (secondary N) is 1. The molecule has 4 nitrogen and oxygen atoms in total. The minimum absolute atomic E-state index is 0.0889. The van der Waals surface area contributed by atoms with Gasteiger partial charge < -0.3 is 11.1 Å². The molecule has 1 fully saturated rings. The first-order chi connectivity index (χ1) is 9.20. The smallest absolute Gasteiger partial charge is 0.262 e. The second-order valence-corrected chi connectivity index (χ2v) is 6.88.